The molecule has 0 spiro atoms. The number of benzene rings is 2. The second kappa shape index (κ2) is 8.75. The second-order valence-corrected chi connectivity index (χ2v) is 6.46. The van der Waals surface area contributed by atoms with Gasteiger partial charge < -0.3 is 9.26 Å². The van der Waals surface area contributed by atoms with Crippen LogP contribution < -0.4 is 0 Å². The van der Waals surface area contributed by atoms with E-state index in [2.05, 4.69) is 10.1 Å². The molecule has 0 saturated carbocycles. The van der Waals surface area contributed by atoms with Gasteiger partial charge >= 0.3 is 5.97 Å². The van der Waals surface area contributed by atoms with Crippen LogP contribution in [0.1, 0.15) is 29.6 Å². The molecular weight excluding hydrogens is 387 g/mol. The van der Waals surface area contributed by atoms with Gasteiger partial charge in [-0.1, -0.05) is 16.8 Å². The lowest BCUT2D eigenvalue weighted by Gasteiger charge is -2.12. The maximum Gasteiger partial charge on any atom is 0.307 e. The summed E-state index contributed by atoms with van der Waals surface area (Å²) in [6.07, 6.45) is -0.788. The molecule has 1 atom stereocenters. The Morgan fingerprint density at radius 3 is 2.50 bits per heavy atom. The molecule has 1 aromatic heterocycles. The van der Waals surface area contributed by atoms with Crippen molar-refractivity contribution in [2.45, 2.75) is 25.9 Å². The van der Waals surface area contributed by atoms with Gasteiger partial charge in [-0.3, -0.25) is 9.59 Å². The number of aryl methyl sites for hydroxylation is 1. The monoisotopic (exact) mass is 402 g/mol. The third kappa shape index (κ3) is 5.01. The standard InChI is InChI=1S/C20H16ClFN2O4/c1-12(19(26)13-2-6-15(21)7-3-13)27-18(25)11-10-17-23-20(24-28-17)14-4-8-16(22)9-5-14/h2-9,12H,10-11H2,1H3. The van der Waals surface area contributed by atoms with Crippen molar-refractivity contribution in [2.75, 3.05) is 0 Å². The van der Waals surface area contributed by atoms with Gasteiger partial charge in [-0.2, -0.15) is 4.98 Å². The van der Waals surface area contributed by atoms with Crippen LogP contribution >= 0.6 is 11.6 Å². The minimum absolute atomic E-state index is 0.0245. The number of Topliss-reactive ketones (excluding diaryl/α,β-unsaturated/α-hetero) is 1. The van der Waals surface area contributed by atoms with Gasteiger partial charge in [-0.05, 0) is 55.5 Å². The van der Waals surface area contributed by atoms with Crippen LogP contribution in [0.3, 0.4) is 0 Å². The van der Waals surface area contributed by atoms with E-state index in [4.69, 9.17) is 20.9 Å². The summed E-state index contributed by atoms with van der Waals surface area (Å²) in [4.78, 5) is 28.4. The summed E-state index contributed by atoms with van der Waals surface area (Å²) in [6.45, 7) is 1.51. The van der Waals surface area contributed by atoms with Crippen molar-refractivity contribution >= 4 is 23.4 Å². The predicted octanol–water partition coefficient (Wildman–Crippen LogP) is 4.28. The van der Waals surface area contributed by atoms with E-state index in [1.165, 1.54) is 31.2 Å². The number of carbonyl (C=O) groups is 2. The molecule has 0 aliphatic rings. The number of aromatic nitrogens is 2. The van der Waals surface area contributed by atoms with Gasteiger partial charge in [-0.15, -0.1) is 0 Å². The molecule has 3 rings (SSSR count). The predicted molar refractivity (Wildman–Crippen MR) is 99.3 cm³/mol. The summed E-state index contributed by atoms with van der Waals surface area (Å²) in [7, 11) is 0. The summed E-state index contributed by atoms with van der Waals surface area (Å²) in [6, 6.07) is 12.0. The average Bonchev–Trinajstić information content (AvgIpc) is 3.16. The van der Waals surface area contributed by atoms with Gasteiger partial charge in [0.2, 0.25) is 17.5 Å². The van der Waals surface area contributed by atoms with E-state index in [-0.39, 0.29) is 30.3 Å². The third-order valence-corrected chi connectivity index (χ3v) is 4.17. The molecule has 1 heterocycles. The Kier molecular flexibility index (Phi) is 6.16. The topological polar surface area (TPSA) is 82.3 Å². The third-order valence-electron chi connectivity index (χ3n) is 3.92. The first-order chi connectivity index (χ1) is 13.4. The first kappa shape index (κ1) is 19.7. The molecule has 8 heteroatoms. The SMILES string of the molecule is CC(OC(=O)CCc1nc(-c2ccc(F)cc2)no1)C(=O)c1ccc(Cl)cc1. The maximum absolute atomic E-state index is 13.0. The molecule has 6 nitrogen and oxygen atoms in total. The van der Waals surface area contributed by atoms with Crippen LogP contribution in [0.2, 0.25) is 5.02 Å². The maximum atomic E-state index is 13.0. The molecule has 0 radical (unpaired) electrons. The number of ketones is 1. The molecule has 0 bridgehead atoms. The largest absolute Gasteiger partial charge is 0.454 e. The Morgan fingerprint density at radius 2 is 1.82 bits per heavy atom. The van der Waals surface area contributed by atoms with E-state index >= 15 is 0 Å². The first-order valence-corrected chi connectivity index (χ1v) is 8.88. The fourth-order valence-corrected chi connectivity index (χ4v) is 2.57. The quantitative estimate of drug-likeness (QED) is 0.433. The van der Waals surface area contributed by atoms with Crippen LogP contribution in [0.15, 0.2) is 53.1 Å². The highest BCUT2D eigenvalue weighted by Crippen LogP contribution is 2.17. The Balaban J connectivity index is 1.52. The minimum atomic E-state index is -0.925. The molecule has 28 heavy (non-hydrogen) atoms. The van der Waals surface area contributed by atoms with Crippen molar-refractivity contribution in [1.82, 2.24) is 10.1 Å². The number of halogens is 2. The Bertz CT molecular complexity index is 971. The zero-order chi connectivity index (χ0) is 20.1. The molecule has 2 aromatic carbocycles. The van der Waals surface area contributed by atoms with E-state index < -0.39 is 12.1 Å². The summed E-state index contributed by atoms with van der Waals surface area (Å²) in [5, 5.41) is 4.32. The molecule has 144 valence electrons. The minimum Gasteiger partial charge on any atom is -0.454 e. The van der Waals surface area contributed by atoms with Crippen LogP contribution in [0.4, 0.5) is 4.39 Å². The van der Waals surface area contributed by atoms with Gasteiger partial charge in [0.25, 0.3) is 0 Å². The highest BCUT2D eigenvalue weighted by molar-refractivity contribution is 6.30. The molecule has 0 N–H and O–H groups in total. The first-order valence-electron chi connectivity index (χ1n) is 8.50. The van der Waals surface area contributed by atoms with Crippen molar-refractivity contribution in [3.05, 3.63) is 70.8 Å². The van der Waals surface area contributed by atoms with Gasteiger partial charge in [0.15, 0.2) is 6.10 Å². The van der Waals surface area contributed by atoms with Crippen LogP contribution in [-0.4, -0.2) is 28.0 Å². The van der Waals surface area contributed by atoms with E-state index in [0.717, 1.165) is 0 Å². The number of hydrogen-bond donors (Lipinski definition) is 0. The molecule has 0 aliphatic heterocycles. The average molecular weight is 403 g/mol. The molecule has 0 amide bonds. The van der Waals surface area contributed by atoms with Crippen molar-refractivity contribution < 1.29 is 23.2 Å². The normalized spacial score (nSPS) is 11.8. The van der Waals surface area contributed by atoms with Gasteiger partial charge in [0, 0.05) is 22.6 Å². The van der Waals surface area contributed by atoms with E-state index in [1.807, 2.05) is 0 Å². The summed E-state index contributed by atoms with van der Waals surface area (Å²) < 4.78 is 23.2. The zero-order valence-corrected chi connectivity index (χ0v) is 15.6. The lowest BCUT2D eigenvalue weighted by Crippen LogP contribution is -2.24. The van der Waals surface area contributed by atoms with Crippen molar-refractivity contribution in [3.63, 3.8) is 0 Å². The van der Waals surface area contributed by atoms with Gasteiger partial charge in [0.1, 0.15) is 5.82 Å². The zero-order valence-electron chi connectivity index (χ0n) is 14.9. The van der Waals surface area contributed by atoms with Crippen molar-refractivity contribution in [3.8, 4) is 11.4 Å². The van der Waals surface area contributed by atoms with E-state index in [1.54, 1.807) is 24.3 Å². The number of hydrogen-bond acceptors (Lipinski definition) is 6. The van der Waals surface area contributed by atoms with Crippen LogP contribution in [-0.2, 0) is 16.0 Å². The molecule has 3 aromatic rings. The highest BCUT2D eigenvalue weighted by atomic mass is 35.5. The van der Waals surface area contributed by atoms with Crippen molar-refractivity contribution in [1.29, 1.82) is 0 Å². The van der Waals surface area contributed by atoms with Crippen LogP contribution in [0.5, 0.6) is 0 Å². The molecule has 0 aliphatic carbocycles. The van der Waals surface area contributed by atoms with Gasteiger partial charge in [0.05, 0.1) is 6.42 Å². The molecular formula is C20H16ClFN2O4. The fourth-order valence-electron chi connectivity index (χ4n) is 2.44. The van der Waals surface area contributed by atoms with Crippen LogP contribution in [0.25, 0.3) is 11.4 Å². The lowest BCUT2D eigenvalue weighted by molar-refractivity contribution is -0.146. The Morgan fingerprint density at radius 1 is 1.14 bits per heavy atom. The molecule has 1 unspecified atom stereocenters. The summed E-state index contributed by atoms with van der Waals surface area (Å²) >= 11 is 5.79. The number of carbonyl (C=O) groups excluding carboxylic acids is 2. The van der Waals surface area contributed by atoms with E-state index in [0.29, 0.717) is 22.0 Å². The number of nitrogens with zero attached hydrogens (tertiary/aromatic N) is 2. The number of ether oxygens (including phenoxy) is 1. The summed E-state index contributed by atoms with van der Waals surface area (Å²) in [5.74, 6) is -0.696. The second-order valence-electron chi connectivity index (χ2n) is 6.02. The van der Waals surface area contributed by atoms with Crippen LogP contribution in [0, 0.1) is 5.82 Å². The molecule has 0 saturated heterocycles. The Hall–Kier alpha value is -3.06. The van der Waals surface area contributed by atoms with Crippen molar-refractivity contribution in [2.24, 2.45) is 0 Å². The molecule has 0 fully saturated rings. The summed E-state index contributed by atoms with van der Waals surface area (Å²) in [5.41, 5.74) is 1.01. The number of rotatable bonds is 7. The van der Waals surface area contributed by atoms with Gasteiger partial charge in [-0.25, -0.2) is 4.39 Å². The van der Waals surface area contributed by atoms with E-state index in [9.17, 15) is 14.0 Å². The smallest absolute Gasteiger partial charge is 0.307 e. The Labute approximate surface area is 165 Å². The lowest BCUT2D eigenvalue weighted by atomic mass is 10.1. The number of esters is 1. The highest BCUT2D eigenvalue weighted by Gasteiger charge is 2.20. The fraction of sp³-hybridized carbons (Fsp3) is 0.200.